The van der Waals surface area contributed by atoms with Crippen molar-refractivity contribution in [3.8, 4) is 23.8 Å². The van der Waals surface area contributed by atoms with Gasteiger partial charge in [0.2, 0.25) is 12.4 Å². The molecule has 36 heavy (non-hydrogen) atoms. The standard InChI is InChI=1S/C24H26O12/c1-6-9-30-19-10-18(8-7-17(19)11-25)35-24-23(34-16(5)29)22(33-15(4)28)21(32-14(3)27)20(36-24)12-31-13(2)26/h1,7-8,10-11,20-24H,9,12H2,2-5H3/t20-,21-,22+,23-,24?/m1/s1. The molecular formula is C24H26O12. The zero-order valence-electron chi connectivity index (χ0n) is 20.1. The Morgan fingerprint density at radius 3 is 2.11 bits per heavy atom. The lowest BCUT2D eigenvalue weighted by atomic mass is 9.98. The lowest BCUT2D eigenvalue weighted by Crippen LogP contribution is -2.63. The minimum atomic E-state index is -1.44. The molecule has 0 radical (unpaired) electrons. The molecule has 0 aliphatic carbocycles. The molecule has 2 rings (SSSR count). The number of benzene rings is 1. The molecule has 1 heterocycles. The lowest BCUT2D eigenvalue weighted by Gasteiger charge is -2.43. The van der Waals surface area contributed by atoms with Gasteiger partial charge in [0.25, 0.3) is 0 Å². The summed E-state index contributed by atoms with van der Waals surface area (Å²) in [4.78, 5) is 58.3. The number of ether oxygens (including phenoxy) is 7. The smallest absolute Gasteiger partial charge is 0.303 e. The van der Waals surface area contributed by atoms with Crippen molar-refractivity contribution in [2.45, 2.75) is 58.4 Å². The van der Waals surface area contributed by atoms with E-state index in [1.54, 1.807) is 0 Å². The van der Waals surface area contributed by atoms with Gasteiger partial charge in [0, 0.05) is 33.8 Å². The predicted molar refractivity (Wildman–Crippen MR) is 119 cm³/mol. The molecule has 1 aliphatic rings. The normalized spacial score (nSPS) is 22.8. The first kappa shape index (κ1) is 28.1. The fourth-order valence-electron chi connectivity index (χ4n) is 3.35. The van der Waals surface area contributed by atoms with E-state index in [-0.39, 0.29) is 23.7 Å². The van der Waals surface area contributed by atoms with Gasteiger partial charge < -0.3 is 33.2 Å². The molecule has 1 saturated heterocycles. The summed E-state index contributed by atoms with van der Waals surface area (Å²) in [7, 11) is 0. The van der Waals surface area contributed by atoms with Crippen LogP contribution in [0.5, 0.6) is 11.5 Å². The van der Waals surface area contributed by atoms with Gasteiger partial charge in [0.15, 0.2) is 18.5 Å². The SMILES string of the molecule is C#CCOc1cc(OC2O[C@H](COC(C)=O)[C@@H](OC(C)=O)[C@H](OC(C)=O)[C@H]2OC(C)=O)ccc1C=O. The molecule has 1 fully saturated rings. The zero-order chi connectivity index (χ0) is 26.8. The van der Waals surface area contributed by atoms with Crippen LogP contribution in [0.4, 0.5) is 0 Å². The Morgan fingerprint density at radius 1 is 0.944 bits per heavy atom. The summed E-state index contributed by atoms with van der Waals surface area (Å²) >= 11 is 0. The minimum absolute atomic E-state index is 0.105. The van der Waals surface area contributed by atoms with E-state index < -0.39 is 61.2 Å². The first-order valence-electron chi connectivity index (χ1n) is 10.7. The van der Waals surface area contributed by atoms with Crippen LogP contribution in [0.25, 0.3) is 0 Å². The summed E-state index contributed by atoms with van der Waals surface area (Å²) < 4.78 is 38.1. The summed E-state index contributed by atoms with van der Waals surface area (Å²) in [5.41, 5.74) is 0.194. The number of carbonyl (C=O) groups is 5. The van der Waals surface area contributed by atoms with Gasteiger partial charge in [0.05, 0.1) is 5.56 Å². The monoisotopic (exact) mass is 506 g/mol. The van der Waals surface area contributed by atoms with Gasteiger partial charge in [-0.25, -0.2) is 0 Å². The number of rotatable bonds is 10. The molecule has 0 saturated carbocycles. The van der Waals surface area contributed by atoms with Gasteiger partial charge >= 0.3 is 23.9 Å². The van der Waals surface area contributed by atoms with Crippen molar-refractivity contribution in [1.82, 2.24) is 0 Å². The van der Waals surface area contributed by atoms with Gasteiger partial charge in [0.1, 0.15) is 30.8 Å². The fourth-order valence-corrected chi connectivity index (χ4v) is 3.35. The second-order valence-electron chi connectivity index (χ2n) is 7.50. The van der Waals surface area contributed by atoms with Crippen LogP contribution in [-0.2, 0) is 42.9 Å². The van der Waals surface area contributed by atoms with Gasteiger partial charge in [-0.1, -0.05) is 5.92 Å². The van der Waals surface area contributed by atoms with E-state index in [1.165, 1.54) is 18.2 Å². The molecule has 1 aromatic rings. The Bertz CT molecular complexity index is 1030. The van der Waals surface area contributed by atoms with Crippen molar-refractivity contribution in [3.05, 3.63) is 23.8 Å². The Kier molecular flexibility index (Phi) is 10.2. The summed E-state index contributed by atoms with van der Waals surface area (Å²) in [5.74, 6) is -0.456. The third-order valence-electron chi connectivity index (χ3n) is 4.62. The first-order chi connectivity index (χ1) is 17.0. The zero-order valence-corrected chi connectivity index (χ0v) is 20.1. The molecule has 194 valence electrons. The predicted octanol–water partition coefficient (Wildman–Crippen LogP) is 0.973. The Labute approximate surface area is 207 Å². The molecule has 1 unspecified atom stereocenters. The Morgan fingerprint density at radius 2 is 1.56 bits per heavy atom. The Hall–Kier alpha value is -4.11. The fraction of sp³-hybridized carbons (Fsp3) is 0.458. The van der Waals surface area contributed by atoms with E-state index in [4.69, 9.17) is 39.6 Å². The largest absolute Gasteiger partial charge is 0.480 e. The highest BCUT2D eigenvalue weighted by Crippen LogP contribution is 2.32. The quantitative estimate of drug-likeness (QED) is 0.193. The van der Waals surface area contributed by atoms with E-state index in [1.807, 2.05) is 0 Å². The highest BCUT2D eigenvalue weighted by molar-refractivity contribution is 5.79. The molecule has 0 N–H and O–H groups in total. The molecule has 12 heteroatoms. The summed E-state index contributed by atoms with van der Waals surface area (Å²) in [6.07, 6.45) is -0.959. The maximum Gasteiger partial charge on any atom is 0.303 e. The topological polar surface area (TPSA) is 150 Å². The van der Waals surface area contributed by atoms with Gasteiger partial charge in [-0.2, -0.15) is 0 Å². The third-order valence-corrected chi connectivity index (χ3v) is 4.62. The summed E-state index contributed by atoms with van der Waals surface area (Å²) in [6, 6.07) is 4.18. The van der Waals surface area contributed by atoms with E-state index in [0.717, 1.165) is 27.7 Å². The van der Waals surface area contributed by atoms with E-state index >= 15 is 0 Å². The second-order valence-corrected chi connectivity index (χ2v) is 7.50. The van der Waals surface area contributed by atoms with Crippen molar-refractivity contribution < 1.29 is 57.1 Å². The van der Waals surface area contributed by atoms with E-state index in [2.05, 4.69) is 5.92 Å². The van der Waals surface area contributed by atoms with Crippen LogP contribution in [0.1, 0.15) is 38.1 Å². The number of terminal acetylenes is 1. The van der Waals surface area contributed by atoms with Crippen molar-refractivity contribution >= 4 is 30.2 Å². The minimum Gasteiger partial charge on any atom is -0.480 e. The van der Waals surface area contributed by atoms with Crippen LogP contribution in [0.15, 0.2) is 18.2 Å². The van der Waals surface area contributed by atoms with Gasteiger partial charge in [-0.05, 0) is 12.1 Å². The third kappa shape index (κ3) is 7.99. The number of carbonyl (C=O) groups excluding carboxylic acids is 5. The molecular weight excluding hydrogens is 480 g/mol. The maximum absolute atomic E-state index is 11.9. The average Bonchev–Trinajstić information content (AvgIpc) is 2.79. The van der Waals surface area contributed by atoms with Crippen LogP contribution in [0.2, 0.25) is 0 Å². The van der Waals surface area contributed by atoms with E-state index in [0.29, 0.717) is 6.29 Å². The van der Waals surface area contributed by atoms with E-state index in [9.17, 15) is 24.0 Å². The van der Waals surface area contributed by atoms with Crippen molar-refractivity contribution in [1.29, 1.82) is 0 Å². The highest BCUT2D eigenvalue weighted by Gasteiger charge is 2.53. The molecule has 1 aromatic carbocycles. The number of hydrogen-bond donors (Lipinski definition) is 0. The summed E-state index contributed by atoms with van der Waals surface area (Å²) in [5, 5.41) is 0. The van der Waals surface area contributed by atoms with Crippen molar-refractivity contribution in [2.75, 3.05) is 13.2 Å². The van der Waals surface area contributed by atoms with Crippen molar-refractivity contribution in [2.24, 2.45) is 0 Å². The van der Waals surface area contributed by atoms with Crippen LogP contribution in [0, 0.1) is 12.3 Å². The van der Waals surface area contributed by atoms with Crippen LogP contribution < -0.4 is 9.47 Å². The first-order valence-corrected chi connectivity index (χ1v) is 10.7. The Balaban J connectivity index is 2.49. The summed E-state index contributed by atoms with van der Waals surface area (Å²) in [6.45, 7) is 3.97. The molecule has 0 bridgehead atoms. The molecule has 5 atom stereocenters. The van der Waals surface area contributed by atoms with Crippen LogP contribution in [0.3, 0.4) is 0 Å². The van der Waals surface area contributed by atoms with Crippen LogP contribution >= 0.6 is 0 Å². The molecule has 0 amide bonds. The number of aldehydes is 1. The molecule has 0 aromatic heterocycles. The van der Waals surface area contributed by atoms with Crippen LogP contribution in [-0.4, -0.2) is 74.1 Å². The molecule has 1 aliphatic heterocycles. The molecule has 12 nitrogen and oxygen atoms in total. The lowest BCUT2D eigenvalue weighted by molar-refractivity contribution is -0.288. The average molecular weight is 506 g/mol. The molecule has 0 spiro atoms. The van der Waals surface area contributed by atoms with Gasteiger partial charge in [-0.15, -0.1) is 6.42 Å². The number of hydrogen-bond acceptors (Lipinski definition) is 12. The highest BCUT2D eigenvalue weighted by atomic mass is 16.7. The second kappa shape index (κ2) is 13.1. The van der Waals surface area contributed by atoms with Crippen molar-refractivity contribution in [3.63, 3.8) is 0 Å². The van der Waals surface area contributed by atoms with Gasteiger partial charge in [-0.3, -0.25) is 24.0 Å². The maximum atomic E-state index is 11.9. The number of esters is 4.